The van der Waals surface area contributed by atoms with Gasteiger partial charge in [0.05, 0.1) is 10.6 Å². The van der Waals surface area contributed by atoms with Gasteiger partial charge in [-0.05, 0) is 73.9 Å². The Morgan fingerprint density at radius 2 is 1.55 bits per heavy atom. The summed E-state index contributed by atoms with van der Waals surface area (Å²) in [6.45, 7) is 3.33. The minimum atomic E-state index is -3.78. The van der Waals surface area contributed by atoms with Crippen LogP contribution in [0, 0.1) is 6.92 Å². The third-order valence-electron chi connectivity index (χ3n) is 5.58. The summed E-state index contributed by atoms with van der Waals surface area (Å²) in [6, 6.07) is 19.6. The summed E-state index contributed by atoms with van der Waals surface area (Å²) in [5.74, 6) is -0.434. The van der Waals surface area contributed by atoms with E-state index in [1.807, 2.05) is 24.0 Å². The van der Waals surface area contributed by atoms with Crippen LogP contribution in [0.2, 0.25) is 0 Å². The first-order chi connectivity index (χ1) is 15.8. The quantitative estimate of drug-likeness (QED) is 0.570. The number of aryl methyl sites for hydroxylation is 1. The van der Waals surface area contributed by atoms with Crippen molar-refractivity contribution in [3.05, 3.63) is 89.5 Å². The average molecular weight is 464 g/mol. The molecule has 33 heavy (non-hydrogen) atoms. The highest BCUT2D eigenvalue weighted by Gasteiger charge is 2.20. The number of sulfonamides is 1. The van der Waals surface area contributed by atoms with Gasteiger partial charge in [0.15, 0.2) is 0 Å². The van der Waals surface area contributed by atoms with Gasteiger partial charge in [0.1, 0.15) is 0 Å². The fraction of sp³-hybridized carbons (Fsp3) is 0.200. The molecule has 1 saturated heterocycles. The SMILES string of the molecule is Cc1ccccc1NS(=O)(=O)c1ccc(C(=O)Nc2cccc(C(=O)N3CCCC3)c2)cc1. The van der Waals surface area contributed by atoms with Crippen LogP contribution in [-0.2, 0) is 10.0 Å². The van der Waals surface area contributed by atoms with Crippen LogP contribution in [0.3, 0.4) is 0 Å². The van der Waals surface area contributed by atoms with E-state index in [0.29, 0.717) is 22.5 Å². The number of hydrogen-bond donors (Lipinski definition) is 2. The number of carbonyl (C=O) groups is 2. The molecule has 0 unspecified atom stereocenters. The number of hydrogen-bond acceptors (Lipinski definition) is 4. The van der Waals surface area contributed by atoms with Gasteiger partial charge in [0.25, 0.3) is 21.8 Å². The molecule has 170 valence electrons. The minimum Gasteiger partial charge on any atom is -0.339 e. The number of carbonyl (C=O) groups excluding carboxylic acids is 2. The van der Waals surface area contributed by atoms with Gasteiger partial charge in [0.2, 0.25) is 0 Å². The summed E-state index contributed by atoms with van der Waals surface area (Å²) in [5.41, 5.74) is 2.65. The predicted octanol–water partition coefficient (Wildman–Crippen LogP) is 4.28. The van der Waals surface area contributed by atoms with Crippen molar-refractivity contribution in [1.82, 2.24) is 4.90 Å². The molecule has 3 aromatic rings. The first-order valence-corrected chi connectivity index (χ1v) is 12.2. The topological polar surface area (TPSA) is 95.6 Å². The number of likely N-dealkylation sites (tertiary alicyclic amines) is 1. The van der Waals surface area contributed by atoms with Crippen LogP contribution in [0.4, 0.5) is 11.4 Å². The fourth-order valence-electron chi connectivity index (χ4n) is 3.71. The van der Waals surface area contributed by atoms with Crippen LogP contribution < -0.4 is 10.0 Å². The van der Waals surface area contributed by atoms with Crippen molar-refractivity contribution in [3.63, 3.8) is 0 Å². The molecule has 0 radical (unpaired) electrons. The zero-order chi connectivity index (χ0) is 23.4. The summed E-state index contributed by atoms with van der Waals surface area (Å²) in [5, 5.41) is 2.77. The van der Waals surface area contributed by atoms with Gasteiger partial charge in [-0.2, -0.15) is 0 Å². The maximum Gasteiger partial charge on any atom is 0.261 e. The summed E-state index contributed by atoms with van der Waals surface area (Å²) >= 11 is 0. The average Bonchev–Trinajstić information content (AvgIpc) is 3.35. The Bertz CT molecular complexity index is 1280. The Morgan fingerprint density at radius 3 is 2.24 bits per heavy atom. The number of anilines is 2. The monoisotopic (exact) mass is 463 g/mol. The van der Waals surface area contributed by atoms with Gasteiger partial charge in [-0.3, -0.25) is 14.3 Å². The molecule has 2 N–H and O–H groups in total. The fourth-order valence-corrected chi connectivity index (χ4v) is 4.84. The number of nitrogens with zero attached hydrogens (tertiary/aromatic N) is 1. The first-order valence-electron chi connectivity index (χ1n) is 10.7. The van der Waals surface area contributed by atoms with Gasteiger partial charge in [0, 0.05) is 29.9 Å². The zero-order valence-corrected chi connectivity index (χ0v) is 19.1. The van der Waals surface area contributed by atoms with Crippen LogP contribution in [0.15, 0.2) is 77.7 Å². The lowest BCUT2D eigenvalue weighted by Gasteiger charge is -2.16. The van der Waals surface area contributed by atoms with E-state index in [0.717, 1.165) is 31.5 Å². The van der Waals surface area contributed by atoms with Crippen LogP contribution in [0.1, 0.15) is 39.1 Å². The third kappa shape index (κ3) is 5.23. The van der Waals surface area contributed by atoms with Crippen molar-refractivity contribution >= 4 is 33.2 Å². The second kappa shape index (κ2) is 9.46. The largest absolute Gasteiger partial charge is 0.339 e. The number of benzene rings is 3. The van der Waals surface area contributed by atoms with Crippen LogP contribution in [-0.4, -0.2) is 38.2 Å². The van der Waals surface area contributed by atoms with Gasteiger partial charge in [-0.15, -0.1) is 0 Å². The second-order valence-electron chi connectivity index (χ2n) is 7.98. The Kier molecular flexibility index (Phi) is 6.46. The van der Waals surface area contributed by atoms with Gasteiger partial charge >= 0.3 is 0 Å². The Labute approximate surface area is 193 Å². The van der Waals surface area contributed by atoms with Crippen molar-refractivity contribution in [2.45, 2.75) is 24.7 Å². The van der Waals surface area contributed by atoms with E-state index < -0.39 is 15.9 Å². The normalized spacial score (nSPS) is 13.5. The van der Waals surface area contributed by atoms with Gasteiger partial charge in [-0.25, -0.2) is 8.42 Å². The lowest BCUT2D eigenvalue weighted by atomic mass is 10.1. The Morgan fingerprint density at radius 1 is 0.848 bits per heavy atom. The molecule has 0 spiro atoms. The molecule has 4 rings (SSSR count). The molecule has 7 nitrogen and oxygen atoms in total. The number of nitrogens with one attached hydrogen (secondary N) is 2. The summed E-state index contributed by atoms with van der Waals surface area (Å²) < 4.78 is 27.9. The summed E-state index contributed by atoms with van der Waals surface area (Å²) in [7, 11) is -3.78. The number of amides is 2. The highest BCUT2D eigenvalue weighted by molar-refractivity contribution is 7.92. The third-order valence-corrected chi connectivity index (χ3v) is 6.96. The van der Waals surface area contributed by atoms with E-state index in [4.69, 9.17) is 0 Å². The van der Waals surface area contributed by atoms with E-state index in [1.54, 1.807) is 36.4 Å². The standard InChI is InChI=1S/C25H25N3O4S/c1-18-7-2-3-10-23(18)27-33(31,32)22-13-11-19(12-14-22)24(29)26-21-9-6-8-20(17-21)25(30)28-15-4-5-16-28/h2-3,6-14,17,27H,4-5,15-16H2,1H3,(H,26,29). The molecular weight excluding hydrogens is 438 g/mol. The molecule has 1 fully saturated rings. The highest BCUT2D eigenvalue weighted by Crippen LogP contribution is 2.21. The van der Waals surface area contributed by atoms with E-state index >= 15 is 0 Å². The van der Waals surface area contributed by atoms with E-state index in [2.05, 4.69) is 10.0 Å². The van der Waals surface area contributed by atoms with Crippen LogP contribution >= 0.6 is 0 Å². The molecule has 2 amide bonds. The molecule has 0 bridgehead atoms. The first kappa shape index (κ1) is 22.5. The van der Waals surface area contributed by atoms with Crippen molar-refractivity contribution in [1.29, 1.82) is 0 Å². The minimum absolute atomic E-state index is 0.0423. The van der Waals surface area contributed by atoms with Crippen LogP contribution in [0.25, 0.3) is 0 Å². The van der Waals surface area contributed by atoms with Gasteiger partial charge < -0.3 is 10.2 Å². The van der Waals surface area contributed by atoms with E-state index in [-0.39, 0.29) is 10.8 Å². The summed E-state index contributed by atoms with van der Waals surface area (Å²) in [4.78, 5) is 27.1. The molecule has 1 aliphatic rings. The molecule has 0 atom stereocenters. The molecule has 3 aromatic carbocycles. The van der Waals surface area contributed by atoms with E-state index in [9.17, 15) is 18.0 Å². The van der Waals surface area contributed by atoms with Gasteiger partial charge in [-0.1, -0.05) is 24.3 Å². The molecule has 8 heteroatoms. The molecule has 1 heterocycles. The Hall–Kier alpha value is -3.65. The summed E-state index contributed by atoms with van der Waals surface area (Å²) in [6.07, 6.45) is 2.02. The molecular formula is C25H25N3O4S. The lowest BCUT2D eigenvalue weighted by molar-refractivity contribution is 0.0792. The smallest absolute Gasteiger partial charge is 0.261 e. The maximum absolute atomic E-state index is 12.7. The van der Waals surface area contributed by atoms with E-state index in [1.165, 1.54) is 24.3 Å². The van der Waals surface area contributed by atoms with Crippen molar-refractivity contribution in [2.75, 3.05) is 23.1 Å². The van der Waals surface area contributed by atoms with Crippen molar-refractivity contribution in [3.8, 4) is 0 Å². The Balaban J connectivity index is 1.45. The zero-order valence-electron chi connectivity index (χ0n) is 18.2. The lowest BCUT2D eigenvalue weighted by Crippen LogP contribution is -2.27. The van der Waals surface area contributed by atoms with Crippen molar-refractivity contribution in [2.24, 2.45) is 0 Å². The van der Waals surface area contributed by atoms with Crippen molar-refractivity contribution < 1.29 is 18.0 Å². The maximum atomic E-state index is 12.7. The highest BCUT2D eigenvalue weighted by atomic mass is 32.2. The van der Waals surface area contributed by atoms with Crippen LogP contribution in [0.5, 0.6) is 0 Å². The molecule has 0 saturated carbocycles. The number of para-hydroxylation sites is 1. The predicted molar refractivity (Wildman–Crippen MR) is 128 cm³/mol. The number of rotatable bonds is 6. The second-order valence-corrected chi connectivity index (χ2v) is 9.66. The molecule has 1 aliphatic heterocycles. The molecule has 0 aliphatic carbocycles. The molecule has 0 aromatic heterocycles.